The lowest BCUT2D eigenvalue weighted by Crippen LogP contribution is -2.21. The molecule has 0 aliphatic heterocycles. The van der Waals surface area contributed by atoms with Gasteiger partial charge >= 0.3 is 0 Å². The largest absolute Gasteiger partial charge is 0.380 e. The van der Waals surface area contributed by atoms with Gasteiger partial charge in [-0.05, 0) is 18.2 Å². The van der Waals surface area contributed by atoms with Crippen molar-refractivity contribution >= 4 is 23.2 Å². The van der Waals surface area contributed by atoms with Gasteiger partial charge in [-0.15, -0.1) is 0 Å². The average Bonchev–Trinajstić information content (AvgIpc) is 3.10. The summed E-state index contributed by atoms with van der Waals surface area (Å²) >= 11 is 0. The van der Waals surface area contributed by atoms with Gasteiger partial charge in [-0.2, -0.15) is 5.10 Å². The summed E-state index contributed by atoms with van der Waals surface area (Å²) < 4.78 is 1.54. The number of para-hydroxylation sites is 1. The molecule has 8 heteroatoms. The first-order chi connectivity index (χ1) is 13.5. The first-order valence-electron chi connectivity index (χ1n) is 8.58. The van der Waals surface area contributed by atoms with Crippen LogP contribution in [0.5, 0.6) is 0 Å². The molecule has 0 fully saturated rings. The zero-order valence-electron chi connectivity index (χ0n) is 15.2. The summed E-state index contributed by atoms with van der Waals surface area (Å²) in [4.78, 5) is 28.0. The van der Waals surface area contributed by atoms with E-state index in [2.05, 4.69) is 21.9 Å². The van der Waals surface area contributed by atoms with Gasteiger partial charge in [-0.1, -0.05) is 30.0 Å². The Labute approximate surface area is 161 Å². The van der Waals surface area contributed by atoms with Crippen molar-refractivity contribution in [2.24, 2.45) is 5.73 Å². The van der Waals surface area contributed by atoms with Crippen LogP contribution in [0.15, 0.2) is 42.6 Å². The van der Waals surface area contributed by atoms with Crippen LogP contribution in [0.25, 0.3) is 16.7 Å². The summed E-state index contributed by atoms with van der Waals surface area (Å²) in [7, 11) is 1.64. The fourth-order valence-corrected chi connectivity index (χ4v) is 2.65. The molecular formula is C20H19N5O3. The predicted molar refractivity (Wildman–Crippen MR) is 104 cm³/mol. The molecule has 2 aromatic heterocycles. The van der Waals surface area contributed by atoms with Crippen LogP contribution < -0.4 is 5.73 Å². The highest BCUT2D eigenvalue weighted by molar-refractivity contribution is 6.04. The van der Waals surface area contributed by atoms with Crippen LogP contribution in [-0.2, 0) is 4.79 Å². The molecule has 0 radical (unpaired) electrons. The van der Waals surface area contributed by atoms with Gasteiger partial charge in [0.1, 0.15) is 6.10 Å². The molecule has 0 bridgehead atoms. The van der Waals surface area contributed by atoms with E-state index in [0.29, 0.717) is 41.7 Å². The summed E-state index contributed by atoms with van der Waals surface area (Å²) in [6.07, 6.45) is 1.77. The zero-order chi connectivity index (χ0) is 20.1. The van der Waals surface area contributed by atoms with Crippen LogP contribution in [0.3, 0.4) is 0 Å². The van der Waals surface area contributed by atoms with E-state index in [-0.39, 0.29) is 5.69 Å². The Morgan fingerprint density at radius 2 is 2.18 bits per heavy atom. The third-order valence-corrected chi connectivity index (χ3v) is 4.10. The number of amides is 2. The maximum atomic E-state index is 11.7. The molecule has 0 saturated heterocycles. The highest BCUT2D eigenvalue weighted by Gasteiger charge is 2.16. The molecule has 3 aromatic rings. The number of rotatable bonds is 6. The molecule has 2 amide bonds. The summed E-state index contributed by atoms with van der Waals surface area (Å²) in [6, 6.07) is 10.7. The standard InChI is InChI=1S/C20H19N5O3/c1-24(13-26)11-9-15(27)7-6-14-8-10-22-18(12-14)25-17-5-3-2-4-16(17)19(23-25)20(21)28/h2-5,8,10,12-13,15,27H,9,11H2,1H3,(H2,21,28)/t15-/m0/s1. The zero-order valence-corrected chi connectivity index (χ0v) is 15.2. The van der Waals surface area contributed by atoms with Crippen molar-refractivity contribution in [3.8, 4) is 17.7 Å². The van der Waals surface area contributed by atoms with E-state index >= 15 is 0 Å². The van der Waals surface area contributed by atoms with Crippen molar-refractivity contribution in [1.29, 1.82) is 0 Å². The number of nitrogens with two attached hydrogens (primary N) is 1. The predicted octanol–water partition coefficient (Wildman–Crippen LogP) is 0.710. The number of carbonyl (C=O) groups excluding carboxylic acids is 2. The highest BCUT2D eigenvalue weighted by atomic mass is 16.3. The smallest absolute Gasteiger partial charge is 0.269 e. The Hall–Kier alpha value is -3.70. The van der Waals surface area contributed by atoms with Crippen LogP contribution in [0.1, 0.15) is 22.5 Å². The van der Waals surface area contributed by atoms with E-state index in [4.69, 9.17) is 5.73 Å². The van der Waals surface area contributed by atoms with E-state index in [9.17, 15) is 14.7 Å². The number of aromatic nitrogens is 3. The third-order valence-electron chi connectivity index (χ3n) is 4.10. The van der Waals surface area contributed by atoms with Crippen molar-refractivity contribution in [2.75, 3.05) is 13.6 Å². The number of hydrogen-bond donors (Lipinski definition) is 2. The number of benzene rings is 1. The van der Waals surface area contributed by atoms with Gasteiger partial charge in [0.2, 0.25) is 6.41 Å². The molecule has 0 saturated carbocycles. The molecule has 2 heterocycles. The molecular weight excluding hydrogens is 358 g/mol. The Morgan fingerprint density at radius 3 is 2.93 bits per heavy atom. The van der Waals surface area contributed by atoms with Crippen LogP contribution >= 0.6 is 0 Å². The van der Waals surface area contributed by atoms with E-state index in [1.54, 1.807) is 37.5 Å². The minimum atomic E-state index is -0.856. The van der Waals surface area contributed by atoms with Crippen molar-refractivity contribution in [2.45, 2.75) is 12.5 Å². The molecule has 0 aliphatic rings. The number of carbonyl (C=O) groups is 2. The van der Waals surface area contributed by atoms with Crippen LogP contribution in [-0.4, -0.2) is 56.8 Å². The number of pyridine rings is 1. The average molecular weight is 377 g/mol. The van der Waals surface area contributed by atoms with Crippen molar-refractivity contribution in [1.82, 2.24) is 19.7 Å². The Balaban J connectivity index is 1.89. The summed E-state index contributed by atoms with van der Waals surface area (Å²) in [5.74, 6) is 5.50. The van der Waals surface area contributed by atoms with Crippen molar-refractivity contribution in [3.63, 3.8) is 0 Å². The lowest BCUT2D eigenvalue weighted by atomic mass is 10.2. The van der Waals surface area contributed by atoms with Gasteiger partial charge in [-0.3, -0.25) is 9.59 Å². The number of primary amides is 1. The van der Waals surface area contributed by atoms with Crippen LogP contribution in [0.4, 0.5) is 0 Å². The molecule has 0 spiro atoms. The number of hydrogen-bond acceptors (Lipinski definition) is 5. The second-order valence-electron chi connectivity index (χ2n) is 6.20. The van der Waals surface area contributed by atoms with Crippen LogP contribution in [0, 0.1) is 11.8 Å². The van der Waals surface area contributed by atoms with Crippen molar-refractivity contribution < 1.29 is 14.7 Å². The topological polar surface area (TPSA) is 114 Å². The third kappa shape index (κ3) is 4.16. The minimum absolute atomic E-state index is 0.170. The fourth-order valence-electron chi connectivity index (χ4n) is 2.65. The van der Waals surface area contributed by atoms with Gasteiger partial charge < -0.3 is 15.7 Å². The molecule has 3 N–H and O–H groups in total. The normalized spacial score (nSPS) is 11.5. The van der Waals surface area contributed by atoms with E-state index in [1.165, 1.54) is 9.58 Å². The van der Waals surface area contributed by atoms with Crippen molar-refractivity contribution in [3.05, 3.63) is 53.9 Å². The SMILES string of the molecule is CN(C=O)CC[C@@H](O)C#Cc1ccnc(-n2nc(C(N)=O)c3ccccc32)c1. The molecule has 8 nitrogen and oxygen atoms in total. The Bertz CT molecular complexity index is 1080. The van der Waals surface area contributed by atoms with Gasteiger partial charge in [-0.25, -0.2) is 9.67 Å². The second kappa shape index (κ2) is 8.33. The first-order valence-corrected chi connectivity index (χ1v) is 8.58. The lowest BCUT2D eigenvalue weighted by molar-refractivity contribution is -0.117. The molecule has 142 valence electrons. The number of fused-ring (bicyclic) bond motifs is 1. The first kappa shape index (κ1) is 19.1. The fraction of sp³-hybridized carbons (Fsp3) is 0.200. The van der Waals surface area contributed by atoms with Gasteiger partial charge in [0.15, 0.2) is 11.5 Å². The molecule has 0 unspecified atom stereocenters. The monoisotopic (exact) mass is 377 g/mol. The van der Waals surface area contributed by atoms with Gasteiger partial charge in [0.25, 0.3) is 5.91 Å². The van der Waals surface area contributed by atoms with E-state index in [1.807, 2.05) is 12.1 Å². The Kier molecular flexibility index (Phi) is 5.67. The van der Waals surface area contributed by atoms with E-state index in [0.717, 1.165) is 0 Å². The summed E-state index contributed by atoms with van der Waals surface area (Å²) in [5.41, 5.74) is 6.93. The maximum absolute atomic E-state index is 11.7. The lowest BCUT2D eigenvalue weighted by Gasteiger charge is -2.10. The molecule has 0 aliphatic carbocycles. The van der Waals surface area contributed by atoms with Gasteiger partial charge in [0, 0.05) is 37.2 Å². The van der Waals surface area contributed by atoms with Crippen LogP contribution in [0.2, 0.25) is 0 Å². The minimum Gasteiger partial charge on any atom is -0.380 e. The number of aliphatic hydroxyl groups excluding tert-OH is 1. The second-order valence-corrected chi connectivity index (χ2v) is 6.20. The highest BCUT2D eigenvalue weighted by Crippen LogP contribution is 2.21. The van der Waals surface area contributed by atoms with Gasteiger partial charge in [0.05, 0.1) is 5.52 Å². The summed E-state index contributed by atoms with van der Waals surface area (Å²) in [6.45, 7) is 0.413. The number of aliphatic hydroxyl groups is 1. The van der Waals surface area contributed by atoms with E-state index < -0.39 is 12.0 Å². The number of nitrogens with zero attached hydrogens (tertiary/aromatic N) is 4. The quantitative estimate of drug-likeness (QED) is 0.485. The molecule has 3 rings (SSSR count). The molecule has 28 heavy (non-hydrogen) atoms. The summed E-state index contributed by atoms with van der Waals surface area (Å²) in [5, 5.41) is 14.9. The Morgan fingerprint density at radius 1 is 1.39 bits per heavy atom. The molecule has 1 atom stereocenters. The maximum Gasteiger partial charge on any atom is 0.269 e. The molecule has 1 aromatic carbocycles.